The molecular formula is C18H30N2O6S. The average Bonchev–Trinajstić information content (AvgIpc) is 2.63. The van der Waals surface area contributed by atoms with Gasteiger partial charge in [0.15, 0.2) is 6.79 Å². The maximum Gasteiger partial charge on any atom is 0.272 e. The van der Waals surface area contributed by atoms with E-state index in [0.717, 1.165) is 11.1 Å². The first-order valence-corrected chi connectivity index (χ1v) is 10.5. The van der Waals surface area contributed by atoms with E-state index in [2.05, 4.69) is 5.32 Å². The second-order valence-electron chi connectivity index (χ2n) is 6.13. The van der Waals surface area contributed by atoms with Crippen molar-refractivity contribution in [1.82, 2.24) is 4.47 Å². The largest absolute Gasteiger partial charge is 0.368 e. The van der Waals surface area contributed by atoms with E-state index in [9.17, 15) is 18.3 Å². The number of nitrogens with one attached hydrogen (secondary N) is 1. The Kier molecular flexibility index (Phi) is 9.34. The van der Waals surface area contributed by atoms with Crippen molar-refractivity contribution in [2.75, 3.05) is 18.7 Å². The molecule has 2 N–H and O–H groups in total. The van der Waals surface area contributed by atoms with Gasteiger partial charge in [0.2, 0.25) is 0 Å². The lowest BCUT2D eigenvalue weighted by atomic mass is 10.0. The molecule has 0 heterocycles. The standard InChI is InChI=1S/C18H30N2O6S/c1-6-14-10-9-11-15(7-2)16(14)19-17(21)18(22)27(23,24)20(13(4)5)26-12-25-8-3/h9-11,13,18,22H,6-8,12H2,1-5H3,(H,19,21). The van der Waals surface area contributed by atoms with Crippen LogP contribution in [0.4, 0.5) is 5.69 Å². The molecule has 1 aromatic rings. The molecule has 0 aliphatic heterocycles. The Labute approximate surface area is 161 Å². The number of hydrogen-bond donors (Lipinski definition) is 2. The zero-order valence-electron chi connectivity index (χ0n) is 16.6. The molecule has 0 spiro atoms. The van der Waals surface area contributed by atoms with Crippen LogP contribution in [0.15, 0.2) is 18.2 Å². The molecule has 0 aromatic heterocycles. The van der Waals surface area contributed by atoms with Crippen LogP contribution in [0.2, 0.25) is 0 Å². The quantitative estimate of drug-likeness (QED) is 0.333. The minimum Gasteiger partial charge on any atom is -0.368 e. The number of carbonyl (C=O) groups excluding carboxylic acids is 1. The van der Waals surface area contributed by atoms with E-state index in [-0.39, 0.29) is 6.79 Å². The third kappa shape index (κ3) is 5.98. The molecule has 1 aromatic carbocycles. The number of para-hydroxylation sites is 1. The predicted molar refractivity (Wildman–Crippen MR) is 103 cm³/mol. The van der Waals surface area contributed by atoms with E-state index in [1.807, 2.05) is 32.0 Å². The van der Waals surface area contributed by atoms with Gasteiger partial charge in [-0.2, -0.15) is 0 Å². The van der Waals surface area contributed by atoms with Crippen molar-refractivity contribution in [3.63, 3.8) is 0 Å². The van der Waals surface area contributed by atoms with Crippen molar-refractivity contribution in [2.24, 2.45) is 0 Å². The van der Waals surface area contributed by atoms with Crippen molar-refractivity contribution in [3.05, 3.63) is 29.3 Å². The molecule has 0 saturated carbocycles. The van der Waals surface area contributed by atoms with Gasteiger partial charge in [0.05, 0.1) is 0 Å². The smallest absolute Gasteiger partial charge is 0.272 e. The van der Waals surface area contributed by atoms with Gasteiger partial charge < -0.3 is 15.2 Å². The fraction of sp³-hybridized carbons (Fsp3) is 0.611. The molecule has 1 unspecified atom stereocenters. The third-order valence-electron chi connectivity index (χ3n) is 3.89. The summed E-state index contributed by atoms with van der Waals surface area (Å²) in [6.45, 7) is 8.75. The highest BCUT2D eigenvalue weighted by molar-refractivity contribution is 7.90. The SMILES string of the molecule is CCOCON(C(C)C)S(=O)(=O)C(O)C(=O)Nc1c(CC)cccc1CC. The maximum atomic E-state index is 12.6. The van der Waals surface area contributed by atoms with Gasteiger partial charge in [0.25, 0.3) is 21.4 Å². The Morgan fingerprint density at radius 1 is 1.19 bits per heavy atom. The first-order valence-electron chi connectivity index (χ1n) is 9.04. The highest BCUT2D eigenvalue weighted by Crippen LogP contribution is 2.23. The molecule has 9 heteroatoms. The molecule has 0 aliphatic rings. The number of benzene rings is 1. The number of nitrogens with zero attached hydrogens (tertiary/aromatic N) is 1. The van der Waals surface area contributed by atoms with Crippen LogP contribution in [-0.2, 0) is 37.2 Å². The van der Waals surface area contributed by atoms with Crippen molar-refractivity contribution < 1.29 is 27.9 Å². The van der Waals surface area contributed by atoms with Crippen LogP contribution in [0.3, 0.4) is 0 Å². The molecule has 0 bridgehead atoms. The first-order chi connectivity index (χ1) is 12.7. The van der Waals surface area contributed by atoms with E-state index >= 15 is 0 Å². The Hall–Kier alpha value is -1.52. The highest BCUT2D eigenvalue weighted by atomic mass is 32.2. The number of rotatable bonds is 11. The highest BCUT2D eigenvalue weighted by Gasteiger charge is 2.39. The Bertz CT molecular complexity index is 698. The zero-order chi connectivity index (χ0) is 20.6. The molecule has 0 aliphatic carbocycles. The van der Waals surface area contributed by atoms with Crippen LogP contribution in [0.1, 0.15) is 45.7 Å². The Morgan fingerprint density at radius 2 is 1.74 bits per heavy atom. The van der Waals surface area contributed by atoms with E-state index in [1.165, 1.54) is 0 Å². The summed E-state index contributed by atoms with van der Waals surface area (Å²) in [4.78, 5) is 17.6. The van der Waals surface area contributed by atoms with Crippen LogP contribution >= 0.6 is 0 Å². The monoisotopic (exact) mass is 402 g/mol. The number of aliphatic hydroxyl groups excluding tert-OH is 1. The first kappa shape index (κ1) is 23.5. The summed E-state index contributed by atoms with van der Waals surface area (Å²) < 4.78 is 30.9. The summed E-state index contributed by atoms with van der Waals surface area (Å²) in [6, 6.07) is 4.94. The molecular weight excluding hydrogens is 372 g/mol. The number of hydrogen-bond acceptors (Lipinski definition) is 6. The fourth-order valence-corrected chi connectivity index (χ4v) is 3.81. The van der Waals surface area contributed by atoms with Gasteiger partial charge in [-0.1, -0.05) is 36.5 Å². The molecule has 8 nitrogen and oxygen atoms in total. The molecule has 0 radical (unpaired) electrons. The predicted octanol–water partition coefficient (Wildman–Crippen LogP) is 2.03. The third-order valence-corrected chi connectivity index (χ3v) is 5.70. The van der Waals surface area contributed by atoms with Gasteiger partial charge in [-0.25, -0.2) is 8.42 Å². The van der Waals surface area contributed by atoms with Gasteiger partial charge in [-0.3, -0.25) is 9.63 Å². The average molecular weight is 403 g/mol. The summed E-state index contributed by atoms with van der Waals surface area (Å²) in [5.41, 5.74) is -0.0505. The van der Waals surface area contributed by atoms with Gasteiger partial charge in [0.1, 0.15) is 0 Å². The minimum absolute atomic E-state index is 0.305. The van der Waals surface area contributed by atoms with Crippen LogP contribution < -0.4 is 5.32 Å². The number of sulfonamides is 1. The number of amides is 1. The molecule has 0 fully saturated rings. The normalized spacial score (nSPS) is 13.2. The number of carbonyl (C=O) groups is 1. The molecule has 27 heavy (non-hydrogen) atoms. The molecule has 1 rings (SSSR count). The van der Waals surface area contributed by atoms with Gasteiger partial charge in [-0.05, 0) is 44.7 Å². The second kappa shape index (κ2) is 10.7. The second-order valence-corrected chi connectivity index (χ2v) is 7.97. The topological polar surface area (TPSA) is 105 Å². The van der Waals surface area contributed by atoms with Gasteiger partial charge >= 0.3 is 0 Å². The summed E-state index contributed by atoms with van der Waals surface area (Å²) in [5, 5.41) is 12.8. The van der Waals surface area contributed by atoms with E-state index in [0.29, 0.717) is 29.6 Å². The number of aliphatic hydroxyl groups is 1. The van der Waals surface area contributed by atoms with E-state index < -0.39 is 27.4 Å². The Balaban J connectivity index is 3.06. The van der Waals surface area contributed by atoms with Crippen LogP contribution in [0.5, 0.6) is 0 Å². The zero-order valence-corrected chi connectivity index (χ0v) is 17.4. The van der Waals surface area contributed by atoms with Crippen LogP contribution in [0.25, 0.3) is 0 Å². The van der Waals surface area contributed by atoms with Crippen molar-refractivity contribution >= 4 is 21.6 Å². The minimum atomic E-state index is -4.46. The number of anilines is 1. The van der Waals surface area contributed by atoms with Gasteiger partial charge in [-0.15, -0.1) is 0 Å². The lowest BCUT2D eigenvalue weighted by molar-refractivity contribution is -0.186. The number of aryl methyl sites for hydroxylation is 2. The maximum absolute atomic E-state index is 12.6. The van der Waals surface area contributed by atoms with Crippen molar-refractivity contribution in [1.29, 1.82) is 0 Å². The summed E-state index contributed by atoms with van der Waals surface area (Å²) in [7, 11) is -4.46. The molecule has 1 atom stereocenters. The molecule has 154 valence electrons. The number of ether oxygens (including phenoxy) is 1. The van der Waals surface area contributed by atoms with Crippen molar-refractivity contribution in [3.8, 4) is 0 Å². The molecule has 0 saturated heterocycles. The summed E-state index contributed by atoms with van der Waals surface area (Å²) >= 11 is 0. The lowest BCUT2D eigenvalue weighted by Crippen LogP contribution is -2.47. The van der Waals surface area contributed by atoms with E-state index in [4.69, 9.17) is 9.57 Å². The Morgan fingerprint density at radius 3 is 2.19 bits per heavy atom. The molecule has 1 amide bonds. The van der Waals surface area contributed by atoms with Crippen LogP contribution in [0, 0.1) is 0 Å². The van der Waals surface area contributed by atoms with E-state index in [1.54, 1.807) is 20.8 Å². The summed E-state index contributed by atoms with van der Waals surface area (Å²) in [6.07, 6.45) is 1.31. The lowest BCUT2D eigenvalue weighted by Gasteiger charge is -2.27. The summed E-state index contributed by atoms with van der Waals surface area (Å²) in [5.74, 6) is -1.03. The van der Waals surface area contributed by atoms with Crippen molar-refractivity contribution in [2.45, 2.75) is 58.9 Å². The van der Waals surface area contributed by atoms with Crippen LogP contribution in [-0.4, -0.2) is 48.8 Å². The number of hydroxylamine groups is 1. The fourth-order valence-electron chi connectivity index (χ4n) is 2.51. The van der Waals surface area contributed by atoms with Gasteiger partial charge in [0, 0.05) is 18.3 Å².